The Morgan fingerprint density at radius 2 is 1.85 bits per heavy atom. The first-order valence-corrected chi connectivity index (χ1v) is 4.55. The van der Waals surface area contributed by atoms with Gasteiger partial charge in [-0.05, 0) is 25.2 Å². The van der Waals surface area contributed by atoms with Crippen LogP contribution in [0.4, 0.5) is 12.9 Å². The smallest absolute Gasteiger partial charge is 0.448 e. The van der Waals surface area contributed by atoms with Crippen molar-refractivity contribution in [2.75, 3.05) is 19.5 Å². The SMILES string of the molecule is OC1(C2CC2)CN(C[B-](F)(F)F)C1. The first-order chi connectivity index (χ1) is 5.89. The van der Waals surface area contributed by atoms with Crippen molar-refractivity contribution >= 4 is 6.98 Å². The monoisotopic (exact) mass is 194 g/mol. The van der Waals surface area contributed by atoms with Crippen LogP contribution in [0.1, 0.15) is 12.8 Å². The molecule has 0 aromatic rings. The van der Waals surface area contributed by atoms with Gasteiger partial charge in [0.2, 0.25) is 0 Å². The molecular weight excluding hydrogens is 182 g/mol. The summed E-state index contributed by atoms with van der Waals surface area (Å²) < 4.78 is 35.8. The van der Waals surface area contributed by atoms with E-state index < -0.39 is 19.0 Å². The minimum Gasteiger partial charge on any atom is -0.448 e. The number of rotatable bonds is 3. The third-order valence-electron chi connectivity index (χ3n) is 2.80. The summed E-state index contributed by atoms with van der Waals surface area (Å²) in [4.78, 5) is 1.28. The number of β-amino-alcohol motifs (C(OH)–C–C–N with tert-alkyl or cyclic N) is 1. The van der Waals surface area contributed by atoms with Crippen molar-refractivity contribution in [2.45, 2.75) is 18.4 Å². The van der Waals surface area contributed by atoms with Gasteiger partial charge in [0.25, 0.3) is 0 Å². The summed E-state index contributed by atoms with van der Waals surface area (Å²) in [7, 11) is 0. The molecule has 1 saturated carbocycles. The molecule has 0 bridgehead atoms. The fraction of sp³-hybridized carbons (Fsp3) is 1.00. The lowest BCUT2D eigenvalue weighted by atomic mass is 9.83. The molecule has 76 valence electrons. The van der Waals surface area contributed by atoms with Gasteiger partial charge in [-0.2, -0.15) is 0 Å². The summed E-state index contributed by atoms with van der Waals surface area (Å²) in [5.74, 6) is 0.268. The van der Waals surface area contributed by atoms with Crippen molar-refractivity contribution in [2.24, 2.45) is 5.92 Å². The minimum absolute atomic E-state index is 0.207. The van der Waals surface area contributed by atoms with Crippen LogP contribution in [-0.4, -0.2) is 42.1 Å². The molecule has 0 unspecified atom stereocenters. The van der Waals surface area contributed by atoms with Crippen LogP contribution in [0.15, 0.2) is 0 Å². The maximum Gasteiger partial charge on any atom is 0.492 e. The second-order valence-electron chi connectivity index (χ2n) is 4.26. The molecular formula is C7H12BF3NO-. The van der Waals surface area contributed by atoms with E-state index in [9.17, 15) is 18.1 Å². The van der Waals surface area contributed by atoms with Gasteiger partial charge in [-0.1, -0.05) is 0 Å². The number of hydrogen-bond donors (Lipinski definition) is 1. The van der Waals surface area contributed by atoms with Crippen LogP contribution < -0.4 is 0 Å². The van der Waals surface area contributed by atoms with Gasteiger partial charge < -0.3 is 23.0 Å². The Morgan fingerprint density at radius 3 is 2.23 bits per heavy atom. The molecule has 1 saturated heterocycles. The normalized spacial score (nSPS) is 28.6. The van der Waals surface area contributed by atoms with Gasteiger partial charge >= 0.3 is 6.98 Å². The predicted octanol–water partition coefficient (Wildman–Crippen LogP) is 0.830. The summed E-state index contributed by atoms with van der Waals surface area (Å²) in [6.07, 6.45) is 1.12. The Morgan fingerprint density at radius 1 is 1.31 bits per heavy atom. The Bertz CT molecular complexity index is 210. The van der Waals surface area contributed by atoms with Crippen LogP contribution in [0, 0.1) is 5.92 Å². The standard InChI is InChI=1S/C7H12BF3NO/c9-8(10,11)5-12-3-7(13,4-12)6-1-2-6/h6,13H,1-5H2/q-1. The fourth-order valence-corrected chi connectivity index (χ4v) is 2.03. The molecule has 0 atom stereocenters. The molecule has 1 aliphatic heterocycles. The topological polar surface area (TPSA) is 23.5 Å². The molecule has 1 aliphatic carbocycles. The van der Waals surface area contributed by atoms with Gasteiger partial charge in [0.1, 0.15) is 0 Å². The molecule has 2 fully saturated rings. The predicted molar refractivity (Wildman–Crippen MR) is 43.2 cm³/mol. The number of likely N-dealkylation sites (tertiary alicyclic amines) is 1. The van der Waals surface area contributed by atoms with Crippen LogP contribution in [0.25, 0.3) is 0 Å². The summed E-state index contributed by atoms with van der Waals surface area (Å²) >= 11 is 0. The molecule has 2 aliphatic rings. The Hall–Kier alpha value is -0.225. The number of halogens is 3. The zero-order chi connectivity index (χ0) is 9.69. The van der Waals surface area contributed by atoms with E-state index in [0.29, 0.717) is 0 Å². The highest BCUT2D eigenvalue weighted by molar-refractivity contribution is 6.58. The molecule has 0 amide bonds. The molecule has 1 N–H and O–H groups in total. The van der Waals surface area contributed by atoms with Crippen molar-refractivity contribution in [3.63, 3.8) is 0 Å². The van der Waals surface area contributed by atoms with Crippen molar-refractivity contribution in [1.82, 2.24) is 4.90 Å². The Labute approximate surface area is 74.8 Å². The van der Waals surface area contributed by atoms with E-state index in [0.717, 1.165) is 12.8 Å². The van der Waals surface area contributed by atoms with E-state index in [-0.39, 0.29) is 19.0 Å². The maximum absolute atomic E-state index is 11.9. The number of hydrogen-bond acceptors (Lipinski definition) is 2. The second kappa shape index (κ2) is 2.64. The summed E-state index contributed by atoms with van der Waals surface area (Å²) in [5, 5.41) is 9.71. The third-order valence-corrected chi connectivity index (χ3v) is 2.80. The van der Waals surface area contributed by atoms with Crippen molar-refractivity contribution in [3.8, 4) is 0 Å². The van der Waals surface area contributed by atoms with Gasteiger partial charge in [0, 0.05) is 13.1 Å². The maximum atomic E-state index is 11.9. The first-order valence-electron chi connectivity index (χ1n) is 4.55. The molecule has 2 nitrogen and oxygen atoms in total. The average Bonchev–Trinajstić information content (AvgIpc) is 2.59. The van der Waals surface area contributed by atoms with E-state index in [1.807, 2.05) is 0 Å². The highest BCUT2D eigenvalue weighted by atomic mass is 19.4. The van der Waals surface area contributed by atoms with Crippen LogP contribution >= 0.6 is 0 Å². The van der Waals surface area contributed by atoms with Gasteiger partial charge in [0.15, 0.2) is 0 Å². The molecule has 0 radical (unpaired) electrons. The van der Waals surface area contributed by atoms with E-state index in [4.69, 9.17) is 0 Å². The molecule has 1 heterocycles. The molecule has 2 rings (SSSR count). The molecule has 0 aromatic heterocycles. The molecule has 0 aromatic carbocycles. The lowest BCUT2D eigenvalue weighted by Crippen LogP contribution is -2.65. The van der Waals surface area contributed by atoms with Crippen molar-refractivity contribution < 1.29 is 18.1 Å². The summed E-state index contributed by atoms with van der Waals surface area (Å²) in [5.41, 5.74) is -0.790. The van der Waals surface area contributed by atoms with E-state index >= 15 is 0 Å². The van der Waals surface area contributed by atoms with E-state index in [2.05, 4.69) is 0 Å². The van der Waals surface area contributed by atoms with Gasteiger partial charge in [-0.15, -0.1) is 0 Å². The van der Waals surface area contributed by atoms with Crippen molar-refractivity contribution in [1.29, 1.82) is 0 Å². The zero-order valence-electron chi connectivity index (χ0n) is 7.22. The minimum atomic E-state index is -4.73. The number of aliphatic hydroxyl groups is 1. The Balaban J connectivity index is 1.77. The molecule has 13 heavy (non-hydrogen) atoms. The van der Waals surface area contributed by atoms with Gasteiger partial charge in [0.05, 0.1) is 5.60 Å². The largest absolute Gasteiger partial charge is 0.492 e. The lowest BCUT2D eigenvalue weighted by Gasteiger charge is -2.49. The van der Waals surface area contributed by atoms with Crippen molar-refractivity contribution in [3.05, 3.63) is 0 Å². The Kier molecular flexibility index (Phi) is 1.89. The highest BCUT2D eigenvalue weighted by Crippen LogP contribution is 2.44. The number of nitrogens with zero attached hydrogens (tertiary/aromatic N) is 1. The highest BCUT2D eigenvalue weighted by Gasteiger charge is 2.52. The third kappa shape index (κ3) is 1.99. The fourth-order valence-electron chi connectivity index (χ4n) is 2.03. The first kappa shape index (κ1) is 9.33. The summed E-state index contributed by atoms with van der Waals surface area (Å²) in [6, 6.07) is 0. The van der Waals surface area contributed by atoms with E-state index in [1.54, 1.807) is 0 Å². The van der Waals surface area contributed by atoms with Crippen LogP contribution in [-0.2, 0) is 0 Å². The van der Waals surface area contributed by atoms with E-state index in [1.165, 1.54) is 4.90 Å². The van der Waals surface area contributed by atoms with Gasteiger partial charge in [-0.3, -0.25) is 0 Å². The van der Waals surface area contributed by atoms with Crippen LogP contribution in [0.5, 0.6) is 0 Å². The average molecular weight is 194 g/mol. The zero-order valence-corrected chi connectivity index (χ0v) is 7.22. The second-order valence-corrected chi connectivity index (χ2v) is 4.26. The molecule has 0 spiro atoms. The van der Waals surface area contributed by atoms with Crippen LogP contribution in [0.2, 0.25) is 0 Å². The molecule has 6 heteroatoms. The quantitative estimate of drug-likeness (QED) is 0.672. The lowest BCUT2D eigenvalue weighted by molar-refractivity contribution is -0.108. The van der Waals surface area contributed by atoms with Crippen LogP contribution in [0.3, 0.4) is 0 Å². The summed E-state index contributed by atoms with van der Waals surface area (Å²) in [6.45, 7) is -4.31. The van der Waals surface area contributed by atoms with Gasteiger partial charge in [-0.25, -0.2) is 0 Å².